The Balaban J connectivity index is 1.91. The molecule has 5 nitrogen and oxygen atoms in total. The van der Waals surface area contributed by atoms with Crippen molar-refractivity contribution in [3.8, 4) is 5.75 Å². The molecular formula is C16H21NO4. The number of para-hydroxylation sites is 1. The topological polar surface area (TPSA) is 66.8 Å². The zero-order chi connectivity index (χ0) is 15.4. The standard InChI is InChI=1S/C16H21NO4/c1-17(15(18)12-7-8-13(12)16(19)20)10-9-11-5-3-4-6-14(11)21-2/h3-6,12-13H,7-10H2,1-2H3,(H,19,20). The Morgan fingerprint density at radius 2 is 1.95 bits per heavy atom. The quantitative estimate of drug-likeness (QED) is 0.868. The number of ether oxygens (including phenoxy) is 1. The monoisotopic (exact) mass is 291 g/mol. The van der Waals surface area contributed by atoms with Crippen LogP contribution in [-0.4, -0.2) is 42.6 Å². The van der Waals surface area contributed by atoms with Gasteiger partial charge in [-0.1, -0.05) is 18.2 Å². The van der Waals surface area contributed by atoms with E-state index < -0.39 is 11.9 Å². The number of aliphatic carboxylic acids is 1. The van der Waals surface area contributed by atoms with Crippen molar-refractivity contribution in [2.45, 2.75) is 19.3 Å². The normalized spacial score (nSPS) is 20.5. The molecule has 0 heterocycles. The molecule has 0 aromatic heterocycles. The van der Waals surface area contributed by atoms with Crippen molar-refractivity contribution in [1.29, 1.82) is 0 Å². The minimum Gasteiger partial charge on any atom is -0.496 e. The van der Waals surface area contributed by atoms with Gasteiger partial charge in [-0.15, -0.1) is 0 Å². The molecule has 1 aromatic carbocycles. The number of amides is 1. The summed E-state index contributed by atoms with van der Waals surface area (Å²) in [6, 6.07) is 7.71. The van der Waals surface area contributed by atoms with E-state index in [-0.39, 0.29) is 11.8 Å². The van der Waals surface area contributed by atoms with Crippen LogP contribution in [0.4, 0.5) is 0 Å². The second-order valence-electron chi connectivity index (χ2n) is 5.45. The molecule has 0 aliphatic heterocycles. The number of carbonyl (C=O) groups excluding carboxylic acids is 1. The van der Waals surface area contributed by atoms with E-state index in [0.717, 1.165) is 11.3 Å². The van der Waals surface area contributed by atoms with Gasteiger partial charge in [0, 0.05) is 13.6 Å². The molecule has 21 heavy (non-hydrogen) atoms. The third-order valence-electron chi connectivity index (χ3n) is 4.19. The second-order valence-corrected chi connectivity index (χ2v) is 5.45. The first-order valence-corrected chi connectivity index (χ1v) is 7.14. The van der Waals surface area contributed by atoms with Crippen LogP contribution >= 0.6 is 0 Å². The summed E-state index contributed by atoms with van der Waals surface area (Å²) in [5, 5.41) is 9.02. The van der Waals surface area contributed by atoms with Gasteiger partial charge in [-0.05, 0) is 30.9 Å². The van der Waals surface area contributed by atoms with Crippen LogP contribution in [0.5, 0.6) is 5.75 Å². The third-order valence-corrected chi connectivity index (χ3v) is 4.19. The highest BCUT2D eigenvalue weighted by Crippen LogP contribution is 2.35. The highest BCUT2D eigenvalue weighted by atomic mass is 16.5. The number of carboxylic acid groups (broad SMARTS) is 1. The Hall–Kier alpha value is -2.04. The lowest BCUT2D eigenvalue weighted by Gasteiger charge is -2.35. The molecule has 1 saturated carbocycles. The number of rotatable bonds is 6. The molecule has 5 heteroatoms. The summed E-state index contributed by atoms with van der Waals surface area (Å²) in [4.78, 5) is 24.9. The highest BCUT2D eigenvalue weighted by molar-refractivity contribution is 5.86. The first kappa shape index (κ1) is 15.4. The Morgan fingerprint density at radius 3 is 2.52 bits per heavy atom. The molecule has 0 spiro atoms. The predicted molar refractivity (Wildman–Crippen MR) is 78.2 cm³/mol. The molecule has 0 saturated heterocycles. The van der Waals surface area contributed by atoms with Crippen LogP contribution in [0.25, 0.3) is 0 Å². The number of hydrogen-bond acceptors (Lipinski definition) is 3. The molecule has 2 unspecified atom stereocenters. The molecule has 1 N–H and O–H groups in total. The van der Waals surface area contributed by atoms with Crippen molar-refractivity contribution < 1.29 is 19.4 Å². The summed E-state index contributed by atoms with van der Waals surface area (Å²) in [5.41, 5.74) is 1.04. The van der Waals surface area contributed by atoms with Crippen molar-refractivity contribution in [2.75, 3.05) is 20.7 Å². The van der Waals surface area contributed by atoms with Gasteiger partial charge in [-0.3, -0.25) is 9.59 Å². The number of carbonyl (C=O) groups is 2. The van der Waals surface area contributed by atoms with Crippen LogP contribution < -0.4 is 4.74 Å². The fourth-order valence-electron chi connectivity index (χ4n) is 2.68. The Labute approximate surface area is 124 Å². The Bertz CT molecular complexity index is 529. The van der Waals surface area contributed by atoms with Gasteiger partial charge in [0.15, 0.2) is 0 Å². The third kappa shape index (κ3) is 3.35. The summed E-state index contributed by atoms with van der Waals surface area (Å²) in [6.07, 6.45) is 1.97. The van der Waals surface area contributed by atoms with Crippen molar-refractivity contribution >= 4 is 11.9 Å². The highest BCUT2D eigenvalue weighted by Gasteiger charge is 2.42. The van der Waals surface area contributed by atoms with Crippen LogP contribution in [0.2, 0.25) is 0 Å². The fourth-order valence-corrected chi connectivity index (χ4v) is 2.68. The van der Waals surface area contributed by atoms with E-state index in [9.17, 15) is 9.59 Å². The Morgan fingerprint density at radius 1 is 1.29 bits per heavy atom. The molecule has 2 rings (SSSR count). The molecule has 2 atom stereocenters. The number of methoxy groups -OCH3 is 1. The average Bonchev–Trinajstić information content (AvgIpc) is 2.43. The zero-order valence-electron chi connectivity index (χ0n) is 12.4. The Kier molecular flexibility index (Phi) is 4.83. The molecule has 1 fully saturated rings. The smallest absolute Gasteiger partial charge is 0.307 e. The summed E-state index contributed by atoms with van der Waals surface area (Å²) in [7, 11) is 3.36. The van der Waals surface area contributed by atoms with Gasteiger partial charge < -0.3 is 14.7 Å². The van der Waals surface area contributed by atoms with Crippen molar-refractivity contribution in [1.82, 2.24) is 4.90 Å². The van der Waals surface area contributed by atoms with Crippen LogP contribution in [0.3, 0.4) is 0 Å². The molecular weight excluding hydrogens is 270 g/mol. The number of carboxylic acids is 1. The van der Waals surface area contributed by atoms with Gasteiger partial charge in [0.2, 0.25) is 5.91 Å². The van der Waals surface area contributed by atoms with E-state index in [1.807, 2.05) is 24.3 Å². The van der Waals surface area contributed by atoms with E-state index in [1.54, 1.807) is 19.1 Å². The van der Waals surface area contributed by atoms with E-state index in [4.69, 9.17) is 9.84 Å². The summed E-state index contributed by atoms with van der Waals surface area (Å²) >= 11 is 0. The molecule has 114 valence electrons. The van der Waals surface area contributed by atoms with E-state index in [0.29, 0.717) is 25.8 Å². The van der Waals surface area contributed by atoms with E-state index >= 15 is 0 Å². The molecule has 0 bridgehead atoms. The lowest BCUT2D eigenvalue weighted by molar-refractivity contribution is -0.156. The first-order valence-electron chi connectivity index (χ1n) is 7.14. The maximum absolute atomic E-state index is 12.2. The second kappa shape index (κ2) is 6.61. The van der Waals surface area contributed by atoms with Crippen LogP contribution in [-0.2, 0) is 16.0 Å². The maximum atomic E-state index is 12.2. The molecule has 0 radical (unpaired) electrons. The SMILES string of the molecule is COc1ccccc1CCN(C)C(=O)C1CCC1C(=O)O. The van der Waals surface area contributed by atoms with Gasteiger partial charge in [0.25, 0.3) is 0 Å². The van der Waals surface area contributed by atoms with Gasteiger partial charge in [0.05, 0.1) is 18.9 Å². The molecule has 1 aliphatic carbocycles. The van der Waals surface area contributed by atoms with E-state index in [2.05, 4.69) is 0 Å². The van der Waals surface area contributed by atoms with Crippen molar-refractivity contribution in [3.63, 3.8) is 0 Å². The van der Waals surface area contributed by atoms with Gasteiger partial charge in [-0.25, -0.2) is 0 Å². The number of likely N-dealkylation sites (N-methyl/N-ethyl adjacent to an activating group) is 1. The van der Waals surface area contributed by atoms with Gasteiger partial charge in [0.1, 0.15) is 5.75 Å². The van der Waals surface area contributed by atoms with Crippen molar-refractivity contribution in [2.24, 2.45) is 11.8 Å². The van der Waals surface area contributed by atoms with Crippen molar-refractivity contribution in [3.05, 3.63) is 29.8 Å². The largest absolute Gasteiger partial charge is 0.496 e. The number of hydrogen-bond donors (Lipinski definition) is 1. The minimum atomic E-state index is -0.863. The predicted octanol–water partition coefficient (Wildman–Crippen LogP) is 1.81. The molecule has 1 amide bonds. The molecule has 1 aromatic rings. The zero-order valence-corrected chi connectivity index (χ0v) is 12.4. The fraction of sp³-hybridized carbons (Fsp3) is 0.500. The summed E-state index contributed by atoms with van der Waals surface area (Å²) in [6.45, 7) is 0.558. The lowest BCUT2D eigenvalue weighted by atomic mass is 9.73. The van der Waals surface area contributed by atoms with Gasteiger partial charge in [-0.2, -0.15) is 0 Å². The van der Waals surface area contributed by atoms with Crippen LogP contribution in [0.15, 0.2) is 24.3 Å². The first-order chi connectivity index (χ1) is 10.0. The van der Waals surface area contributed by atoms with Crippen LogP contribution in [0, 0.1) is 11.8 Å². The minimum absolute atomic E-state index is 0.0662. The summed E-state index contributed by atoms with van der Waals surface area (Å²) in [5.74, 6) is -0.983. The van der Waals surface area contributed by atoms with Gasteiger partial charge >= 0.3 is 5.97 Å². The lowest BCUT2D eigenvalue weighted by Crippen LogP contribution is -2.45. The molecule has 1 aliphatic rings. The maximum Gasteiger partial charge on any atom is 0.307 e. The number of benzene rings is 1. The van der Waals surface area contributed by atoms with Crippen LogP contribution in [0.1, 0.15) is 18.4 Å². The van der Waals surface area contributed by atoms with E-state index in [1.165, 1.54) is 0 Å². The number of nitrogens with zero attached hydrogens (tertiary/aromatic N) is 1. The average molecular weight is 291 g/mol. The summed E-state index contributed by atoms with van der Waals surface area (Å²) < 4.78 is 5.29.